The highest BCUT2D eigenvalue weighted by molar-refractivity contribution is 5.87. The van der Waals surface area contributed by atoms with E-state index in [1.165, 1.54) is 6.92 Å². The van der Waals surface area contributed by atoms with Crippen molar-refractivity contribution >= 4 is 5.97 Å². The van der Waals surface area contributed by atoms with Crippen LogP contribution < -0.4 is 5.43 Å². The van der Waals surface area contributed by atoms with Crippen LogP contribution in [-0.2, 0) is 4.74 Å². The molecule has 7 heteroatoms. The summed E-state index contributed by atoms with van der Waals surface area (Å²) in [6, 6.07) is 0. The Kier molecular flexibility index (Phi) is 2.44. The lowest BCUT2D eigenvalue weighted by molar-refractivity contribution is -0.0983. The molecule has 2 N–H and O–H groups in total. The van der Waals surface area contributed by atoms with Crippen LogP contribution in [0.2, 0.25) is 0 Å². The molecular formula is C5H7F2N3O2. The molecule has 1 aliphatic heterocycles. The Morgan fingerprint density at radius 2 is 2.50 bits per heavy atom. The molecule has 68 valence electrons. The Hall–Kier alpha value is -1.37. The summed E-state index contributed by atoms with van der Waals surface area (Å²) < 4.78 is 29.1. The molecule has 0 bridgehead atoms. The maximum atomic E-state index is 12.3. The largest absolute Gasteiger partial charge is 0.449 e. The molecule has 0 saturated heterocycles. The molecule has 12 heavy (non-hydrogen) atoms. The zero-order chi connectivity index (χ0) is 9.14. The lowest BCUT2D eigenvalue weighted by Gasteiger charge is -2.18. The van der Waals surface area contributed by atoms with E-state index in [0.29, 0.717) is 0 Å². The number of nitrogens with one attached hydrogen (secondary N) is 1. The SMILES string of the molecule is CC(O)OC1=CC(F)=NN(F)N1. The Labute approximate surface area is 66.8 Å². The van der Waals surface area contributed by atoms with E-state index in [1.807, 2.05) is 5.43 Å². The molecule has 1 aliphatic rings. The van der Waals surface area contributed by atoms with Crippen molar-refractivity contribution in [1.82, 2.24) is 10.8 Å². The van der Waals surface area contributed by atoms with E-state index in [4.69, 9.17) is 5.11 Å². The molecule has 0 radical (unpaired) electrons. The molecule has 0 amide bonds. The van der Waals surface area contributed by atoms with Gasteiger partial charge in [0.1, 0.15) is 0 Å². The second-order valence-corrected chi connectivity index (χ2v) is 2.02. The van der Waals surface area contributed by atoms with Gasteiger partial charge < -0.3 is 9.84 Å². The quantitative estimate of drug-likeness (QED) is 0.468. The summed E-state index contributed by atoms with van der Waals surface area (Å²) in [6.45, 7) is 1.30. The number of halogens is 2. The van der Waals surface area contributed by atoms with Gasteiger partial charge in [0.15, 0.2) is 6.29 Å². The third-order valence-electron chi connectivity index (χ3n) is 0.934. The minimum atomic E-state index is -1.15. The average Bonchev–Trinajstić information content (AvgIpc) is 1.81. The molecule has 0 aliphatic carbocycles. The zero-order valence-electron chi connectivity index (χ0n) is 6.16. The number of hydrogen-bond donors (Lipinski definition) is 2. The van der Waals surface area contributed by atoms with Crippen molar-refractivity contribution in [2.45, 2.75) is 13.2 Å². The molecule has 0 aromatic heterocycles. The zero-order valence-corrected chi connectivity index (χ0v) is 6.16. The van der Waals surface area contributed by atoms with Gasteiger partial charge in [-0.15, -0.1) is 0 Å². The van der Waals surface area contributed by atoms with Gasteiger partial charge in [-0.25, -0.2) is 5.43 Å². The number of aliphatic hydroxyl groups is 1. The number of ether oxygens (including phenoxy) is 1. The second-order valence-electron chi connectivity index (χ2n) is 2.02. The van der Waals surface area contributed by atoms with Crippen molar-refractivity contribution in [1.29, 1.82) is 0 Å². The number of nitrogens with zero attached hydrogens (tertiary/aromatic N) is 2. The van der Waals surface area contributed by atoms with Gasteiger partial charge in [-0.3, -0.25) is 0 Å². The van der Waals surface area contributed by atoms with Gasteiger partial charge in [0, 0.05) is 0 Å². The summed E-state index contributed by atoms with van der Waals surface area (Å²) in [4.78, 5) is 0. The number of aliphatic hydroxyl groups excluding tert-OH is 1. The molecule has 0 fully saturated rings. The van der Waals surface area contributed by atoms with E-state index in [1.54, 1.807) is 0 Å². The van der Waals surface area contributed by atoms with Crippen molar-refractivity contribution in [3.05, 3.63) is 12.0 Å². The molecule has 1 heterocycles. The van der Waals surface area contributed by atoms with E-state index in [2.05, 4.69) is 9.84 Å². The first-order valence-electron chi connectivity index (χ1n) is 3.11. The van der Waals surface area contributed by atoms with Gasteiger partial charge in [0.2, 0.25) is 11.8 Å². The van der Waals surface area contributed by atoms with Gasteiger partial charge in [-0.2, -0.15) is 4.39 Å². The van der Waals surface area contributed by atoms with Crippen molar-refractivity contribution in [3.63, 3.8) is 0 Å². The molecule has 1 unspecified atom stereocenters. The molecule has 0 aromatic rings. The smallest absolute Gasteiger partial charge is 0.240 e. The van der Waals surface area contributed by atoms with Crippen molar-refractivity contribution in [3.8, 4) is 0 Å². The summed E-state index contributed by atoms with van der Waals surface area (Å²) in [7, 11) is 0. The van der Waals surface area contributed by atoms with Crippen molar-refractivity contribution in [2.24, 2.45) is 5.10 Å². The van der Waals surface area contributed by atoms with Crippen molar-refractivity contribution < 1.29 is 18.7 Å². The van der Waals surface area contributed by atoms with Crippen LogP contribution in [0.3, 0.4) is 0 Å². The van der Waals surface area contributed by atoms with Crippen LogP contribution in [0.25, 0.3) is 0 Å². The third kappa shape index (κ3) is 2.35. The minimum absolute atomic E-state index is 0.250. The van der Waals surface area contributed by atoms with Gasteiger partial charge in [-0.1, -0.05) is 9.58 Å². The third-order valence-corrected chi connectivity index (χ3v) is 0.934. The first-order valence-corrected chi connectivity index (χ1v) is 3.11. The highest BCUT2D eigenvalue weighted by atomic mass is 19.2. The minimum Gasteiger partial charge on any atom is -0.449 e. The first-order chi connectivity index (χ1) is 5.58. The number of rotatable bonds is 2. The van der Waals surface area contributed by atoms with Crippen LogP contribution in [0.5, 0.6) is 0 Å². The van der Waals surface area contributed by atoms with Gasteiger partial charge in [0.25, 0.3) is 0 Å². The van der Waals surface area contributed by atoms with Gasteiger partial charge in [0.05, 0.1) is 6.08 Å². The Balaban J connectivity index is 2.60. The summed E-state index contributed by atoms with van der Waals surface area (Å²) in [6.07, 6.45) is -0.342. The van der Waals surface area contributed by atoms with Gasteiger partial charge in [-0.05, 0) is 12.3 Å². The Morgan fingerprint density at radius 3 is 3.00 bits per heavy atom. The number of hydrogen-bond acceptors (Lipinski definition) is 5. The topological polar surface area (TPSA) is 57.1 Å². The number of allylic oxidation sites excluding steroid dienone is 1. The van der Waals surface area contributed by atoms with Crippen molar-refractivity contribution in [2.75, 3.05) is 0 Å². The summed E-state index contributed by atoms with van der Waals surface area (Å²) >= 11 is 0. The molecule has 0 spiro atoms. The second kappa shape index (κ2) is 3.35. The van der Waals surface area contributed by atoms with Crippen LogP contribution in [0.15, 0.2) is 17.1 Å². The number of hydrazine groups is 1. The normalized spacial score (nSPS) is 19.2. The van der Waals surface area contributed by atoms with Crippen LogP contribution in [0, 0.1) is 0 Å². The average molecular weight is 179 g/mol. The lowest BCUT2D eigenvalue weighted by atomic mass is 10.6. The lowest BCUT2D eigenvalue weighted by Crippen LogP contribution is -2.32. The predicted octanol–water partition coefficient (Wildman–Crippen LogP) is 0.170. The molecular weight excluding hydrogens is 172 g/mol. The highest BCUT2D eigenvalue weighted by Gasteiger charge is 2.14. The summed E-state index contributed by atoms with van der Waals surface area (Å²) in [5.74, 6) is -1.30. The summed E-state index contributed by atoms with van der Waals surface area (Å²) in [5, 5.41) is 11.0. The standard InChI is InChI=1S/C5H7F2N3O2/c1-3(11)12-5-2-4(6)8-10(7)9-5/h2-3,9,11H,1H3. The van der Waals surface area contributed by atoms with Crippen LogP contribution >= 0.6 is 0 Å². The molecule has 1 rings (SSSR count). The van der Waals surface area contributed by atoms with E-state index in [-0.39, 0.29) is 11.2 Å². The van der Waals surface area contributed by atoms with Crippen LogP contribution in [0.1, 0.15) is 6.92 Å². The maximum Gasteiger partial charge on any atom is 0.240 e. The van der Waals surface area contributed by atoms with E-state index >= 15 is 0 Å². The van der Waals surface area contributed by atoms with E-state index in [0.717, 1.165) is 6.08 Å². The van der Waals surface area contributed by atoms with Gasteiger partial charge >= 0.3 is 0 Å². The highest BCUT2D eigenvalue weighted by Crippen LogP contribution is 2.06. The molecule has 0 saturated carbocycles. The Morgan fingerprint density at radius 1 is 1.83 bits per heavy atom. The molecule has 0 aromatic carbocycles. The maximum absolute atomic E-state index is 12.3. The van der Waals surface area contributed by atoms with Crippen LogP contribution in [-0.4, -0.2) is 22.7 Å². The monoisotopic (exact) mass is 179 g/mol. The fourth-order valence-corrected chi connectivity index (χ4v) is 0.613. The predicted molar refractivity (Wildman–Crippen MR) is 35.5 cm³/mol. The number of hydrazone groups is 1. The molecule has 5 nitrogen and oxygen atoms in total. The van der Waals surface area contributed by atoms with E-state index < -0.39 is 12.3 Å². The van der Waals surface area contributed by atoms with Crippen LogP contribution in [0.4, 0.5) is 8.87 Å². The summed E-state index contributed by atoms with van der Waals surface area (Å²) in [5.41, 5.74) is 1.90. The fourth-order valence-electron chi connectivity index (χ4n) is 0.613. The fraction of sp³-hybridized carbons (Fsp3) is 0.400. The first kappa shape index (κ1) is 8.72. The molecule has 1 atom stereocenters. The Bertz CT molecular complexity index is 229. The van der Waals surface area contributed by atoms with E-state index in [9.17, 15) is 8.87 Å².